The first-order valence-corrected chi connectivity index (χ1v) is 6.89. The molecular weight excluding hydrogens is 298 g/mol. The molecule has 22 heavy (non-hydrogen) atoms. The number of alkyl halides is 2. The molecule has 1 fully saturated rings. The quantitative estimate of drug-likeness (QED) is 0.743. The van der Waals surface area contributed by atoms with Crippen LogP contribution in [-0.2, 0) is 14.3 Å². The van der Waals surface area contributed by atoms with Gasteiger partial charge >= 0.3 is 18.0 Å². The van der Waals surface area contributed by atoms with Crippen molar-refractivity contribution in [2.45, 2.75) is 45.6 Å². The summed E-state index contributed by atoms with van der Waals surface area (Å²) in [5.74, 6) is -5.51. The molecule has 0 atom stereocenters. The molecule has 0 unspecified atom stereocenters. The zero-order valence-electron chi connectivity index (χ0n) is 13.1. The van der Waals surface area contributed by atoms with Crippen molar-refractivity contribution in [2.75, 3.05) is 19.7 Å². The minimum absolute atomic E-state index is 0.188. The lowest BCUT2D eigenvalue weighted by atomic mass is 9.71. The first-order chi connectivity index (χ1) is 9.99. The summed E-state index contributed by atoms with van der Waals surface area (Å²) in [5, 5.41) is 8.78. The van der Waals surface area contributed by atoms with Crippen molar-refractivity contribution in [3.8, 4) is 6.07 Å². The lowest BCUT2D eigenvalue weighted by Gasteiger charge is -2.51. The van der Waals surface area contributed by atoms with Crippen LogP contribution in [0.2, 0.25) is 0 Å². The van der Waals surface area contributed by atoms with Crippen LogP contribution >= 0.6 is 0 Å². The molecule has 1 saturated heterocycles. The Balaban J connectivity index is 2.85. The highest BCUT2D eigenvalue weighted by atomic mass is 19.3. The van der Waals surface area contributed by atoms with Crippen LogP contribution < -0.4 is 0 Å². The van der Waals surface area contributed by atoms with Crippen molar-refractivity contribution in [2.24, 2.45) is 5.41 Å². The smallest absolute Gasteiger partial charge is 0.410 e. The second-order valence-corrected chi connectivity index (χ2v) is 6.25. The Morgan fingerprint density at radius 1 is 1.32 bits per heavy atom. The predicted molar refractivity (Wildman–Crippen MR) is 72.1 cm³/mol. The van der Waals surface area contributed by atoms with Gasteiger partial charge in [-0.1, -0.05) is 0 Å². The van der Waals surface area contributed by atoms with E-state index in [1.165, 1.54) is 6.92 Å². The third-order valence-electron chi connectivity index (χ3n) is 3.25. The second kappa shape index (κ2) is 6.07. The van der Waals surface area contributed by atoms with E-state index in [4.69, 9.17) is 10.00 Å². The summed E-state index contributed by atoms with van der Waals surface area (Å²) in [4.78, 5) is 24.3. The number of ether oxygens (including phenoxy) is 2. The average Bonchev–Trinajstić information content (AvgIpc) is 2.30. The maximum Gasteiger partial charge on any atom is 0.410 e. The highest BCUT2D eigenvalue weighted by Gasteiger charge is 2.66. The minimum atomic E-state index is -3.84. The zero-order valence-corrected chi connectivity index (χ0v) is 13.1. The van der Waals surface area contributed by atoms with Crippen molar-refractivity contribution in [1.82, 2.24) is 4.90 Å². The predicted octanol–water partition coefficient (Wildman–Crippen LogP) is 2.34. The molecular formula is C14H20F2N2O4. The zero-order chi connectivity index (χ0) is 17.2. The van der Waals surface area contributed by atoms with Gasteiger partial charge in [-0.25, -0.2) is 9.59 Å². The molecule has 8 heteroatoms. The molecule has 0 saturated carbocycles. The SMILES string of the molecule is CCOC(=O)C(F)(F)C1(CC#N)CN(C(=O)OC(C)(C)C)C1. The fraction of sp³-hybridized carbons (Fsp3) is 0.786. The van der Waals surface area contributed by atoms with E-state index < -0.39 is 48.5 Å². The van der Waals surface area contributed by atoms with Gasteiger partial charge in [0.25, 0.3) is 0 Å². The summed E-state index contributed by atoms with van der Waals surface area (Å²) in [6.07, 6.45) is -1.31. The summed E-state index contributed by atoms with van der Waals surface area (Å²) in [7, 11) is 0. The lowest BCUT2D eigenvalue weighted by Crippen LogP contribution is -2.68. The molecule has 124 valence electrons. The maximum absolute atomic E-state index is 14.3. The van der Waals surface area contributed by atoms with Gasteiger partial charge in [-0.3, -0.25) is 0 Å². The van der Waals surface area contributed by atoms with Crippen molar-refractivity contribution in [1.29, 1.82) is 5.26 Å². The monoisotopic (exact) mass is 318 g/mol. The third-order valence-corrected chi connectivity index (χ3v) is 3.25. The number of hydrogen-bond acceptors (Lipinski definition) is 5. The van der Waals surface area contributed by atoms with Crippen LogP contribution in [-0.4, -0.2) is 48.2 Å². The van der Waals surface area contributed by atoms with E-state index in [9.17, 15) is 18.4 Å². The number of nitriles is 1. The molecule has 1 aliphatic rings. The molecule has 0 radical (unpaired) electrons. The standard InChI is InChI=1S/C14H20F2N2O4/c1-5-21-10(19)14(15,16)13(6-7-17)8-18(9-13)11(20)22-12(2,3)4/h5-6,8-9H2,1-4H3. The molecule has 0 spiro atoms. The molecule has 0 aromatic carbocycles. The van der Waals surface area contributed by atoms with Crippen LogP contribution in [0.4, 0.5) is 13.6 Å². The highest BCUT2D eigenvalue weighted by molar-refractivity contribution is 5.80. The fourth-order valence-corrected chi connectivity index (χ4v) is 2.15. The van der Waals surface area contributed by atoms with E-state index in [0.717, 1.165) is 4.90 Å². The van der Waals surface area contributed by atoms with E-state index in [1.54, 1.807) is 26.8 Å². The summed E-state index contributed by atoms with van der Waals surface area (Å²) >= 11 is 0. The van der Waals surface area contributed by atoms with Crippen LogP contribution in [0.5, 0.6) is 0 Å². The molecule has 0 N–H and O–H groups in total. The number of carbonyl (C=O) groups is 2. The van der Waals surface area contributed by atoms with Gasteiger partial charge in [-0.05, 0) is 27.7 Å². The van der Waals surface area contributed by atoms with Gasteiger partial charge in [0, 0.05) is 13.1 Å². The van der Waals surface area contributed by atoms with Gasteiger partial charge in [-0.2, -0.15) is 14.0 Å². The Hall–Kier alpha value is -1.91. The molecule has 0 aromatic rings. The number of amides is 1. The molecule has 0 bridgehead atoms. The van der Waals surface area contributed by atoms with Gasteiger partial charge in [-0.15, -0.1) is 0 Å². The Labute approximate surface area is 128 Å². The topological polar surface area (TPSA) is 79.6 Å². The molecule has 6 nitrogen and oxygen atoms in total. The summed E-state index contributed by atoms with van der Waals surface area (Å²) in [6, 6.07) is 1.65. The first kappa shape index (κ1) is 18.1. The van der Waals surface area contributed by atoms with Crippen molar-refractivity contribution in [3.63, 3.8) is 0 Å². The minimum Gasteiger partial charge on any atom is -0.462 e. The second-order valence-electron chi connectivity index (χ2n) is 6.25. The molecule has 0 aromatic heterocycles. The average molecular weight is 318 g/mol. The number of nitrogens with zero attached hydrogens (tertiary/aromatic N) is 2. The van der Waals surface area contributed by atoms with Crippen LogP contribution in [0, 0.1) is 16.7 Å². The van der Waals surface area contributed by atoms with Crippen molar-refractivity contribution in [3.05, 3.63) is 0 Å². The number of rotatable bonds is 4. The largest absolute Gasteiger partial charge is 0.462 e. The van der Waals surface area contributed by atoms with Crippen LogP contribution in [0.15, 0.2) is 0 Å². The van der Waals surface area contributed by atoms with Gasteiger partial charge in [0.2, 0.25) is 0 Å². The van der Waals surface area contributed by atoms with Crippen LogP contribution in [0.25, 0.3) is 0 Å². The molecule has 0 aliphatic carbocycles. The third kappa shape index (κ3) is 3.46. The number of halogens is 2. The highest BCUT2D eigenvalue weighted by Crippen LogP contribution is 2.48. The Bertz CT molecular complexity index is 488. The molecule has 1 aliphatic heterocycles. The van der Waals surface area contributed by atoms with E-state index in [1.807, 2.05) is 0 Å². The van der Waals surface area contributed by atoms with E-state index >= 15 is 0 Å². The fourth-order valence-electron chi connectivity index (χ4n) is 2.15. The normalized spacial score (nSPS) is 17.2. The van der Waals surface area contributed by atoms with E-state index in [-0.39, 0.29) is 6.61 Å². The van der Waals surface area contributed by atoms with Gasteiger partial charge < -0.3 is 14.4 Å². The van der Waals surface area contributed by atoms with Crippen molar-refractivity contribution < 1.29 is 27.8 Å². The number of esters is 1. The summed E-state index contributed by atoms with van der Waals surface area (Å²) in [5.41, 5.74) is -2.68. The Morgan fingerprint density at radius 2 is 1.86 bits per heavy atom. The van der Waals surface area contributed by atoms with Gasteiger partial charge in [0.15, 0.2) is 0 Å². The van der Waals surface area contributed by atoms with E-state index in [2.05, 4.69) is 4.74 Å². The lowest BCUT2D eigenvalue weighted by molar-refractivity contribution is -0.214. The van der Waals surface area contributed by atoms with E-state index in [0.29, 0.717) is 0 Å². The van der Waals surface area contributed by atoms with Crippen molar-refractivity contribution >= 4 is 12.1 Å². The van der Waals surface area contributed by atoms with Crippen LogP contribution in [0.3, 0.4) is 0 Å². The van der Waals surface area contributed by atoms with Gasteiger partial charge in [0.1, 0.15) is 5.60 Å². The molecule has 1 heterocycles. The maximum atomic E-state index is 14.3. The van der Waals surface area contributed by atoms with Gasteiger partial charge in [0.05, 0.1) is 24.5 Å². The molecule has 1 amide bonds. The Morgan fingerprint density at radius 3 is 2.27 bits per heavy atom. The first-order valence-electron chi connectivity index (χ1n) is 6.89. The molecule has 1 rings (SSSR count). The summed E-state index contributed by atoms with van der Waals surface area (Å²) < 4.78 is 38.0. The number of likely N-dealkylation sites (tertiary alicyclic amines) is 1. The number of hydrogen-bond donors (Lipinski definition) is 0. The number of carbonyl (C=O) groups excluding carboxylic acids is 2. The summed E-state index contributed by atoms with van der Waals surface area (Å²) in [6.45, 7) is 5.33. The van der Waals surface area contributed by atoms with Crippen LogP contribution in [0.1, 0.15) is 34.1 Å². The Kier molecular flexibility index (Phi) is 5.00.